The van der Waals surface area contributed by atoms with Gasteiger partial charge in [0.25, 0.3) is 0 Å². The van der Waals surface area contributed by atoms with Crippen molar-refractivity contribution in [3.05, 3.63) is 29.8 Å². The normalized spacial score (nSPS) is 25.2. The Hall–Kier alpha value is -1.06. The Balaban J connectivity index is 1.85. The highest BCUT2D eigenvalue weighted by Gasteiger charge is 2.24. The van der Waals surface area contributed by atoms with Crippen molar-refractivity contribution in [3.8, 4) is 5.75 Å². The van der Waals surface area contributed by atoms with Crippen LogP contribution in [0.4, 0.5) is 0 Å². The summed E-state index contributed by atoms with van der Waals surface area (Å²) in [6, 6.07) is 7.64. The number of aliphatic hydroxyl groups excluding tert-OH is 1. The highest BCUT2D eigenvalue weighted by molar-refractivity contribution is 5.27. The van der Waals surface area contributed by atoms with Crippen LogP contribution in [-0.4, -0.2) is 23.4 Å². The zero-order chi connectivity index (χ0) is 13.7. The first-order valence-electron chi connectivity index (χ1n) is 7.34. The van der Waals surface area contributed by atoms with E-state index in [9.17, 15) is 10.2 Å². The molecule has 0 amide bonds. The van der Waals surface area contributed by atoms with Gasteiger partial charge in [0.05, 0.1) is 0 Å². The number of rotatable bonds is 5. The average Bonchev–Trinajstić information content (AvgIpc) is 2.45. The van der Waals surface area contributed by atoms with Crippen molar-refractivity contribution >= 4 is 0 Å². The maximum Gasteiger partial charge on any atom is 0.115 e. The van der Waals surface area contributed by atoms with Crippen molar-refractivity contribution in [2.24, 2.45) is 11.8 Å². The topological polar surface area (TPSA) is 52.5 Å². The van der Waals surface area contributed by atoms with Crippen molar-refractivity contribution in [3.63, 3.8) is 0 Å². The van der Waals surface area contributed by atoms with E-state index in [0.29, 0.717) is 24.2 Å². The number of benzene rings is 1. The molecule has 1 aromatic rings. The van der Waals surface area contributed by atoms with Crippen molar-refractivity contribution < 1.29 is 10.2 Å². The van der Waals surface area contributed by atoms with Gasteiger partial charge < -0.3 is 15.5 Å². The van der Waals surface area contributed by atoms with Gasteiger partial charge in [-0.1, -0.05) is 25.0 Å². The molecule has 0 bridgehead atoms. The summed E-state index contributed by atoms with van der Waals surface area (Å²) in [7, 11) is 0. The first kappa shape index (κ1) is 14.4. The minimum atomic E-state index is 0.280. The number of aromatic hydroxyl groups is 1. The predicted octanol–water partition coefficient (Wildman–Crippen LogP) is 2.84. The molecule has 3 unspecified atom stereocenters. The second-order valence-corrected chi connectivity index (χ2v) is 5.71. The lowest BCUT2D eigenvalue weighted by atomic mass is 9.79. The fourth-order valence-corrected chi connectivity index (χ4v) is 3.00. The van der Waals surface area contributed by atoms with Gasteiger partial charge in [-0.05, 0) is 55.8 Å². The molecule has 0 heterocycles. The summed E-state index contributed by atoms with van der Waals surface area (Å²) in [5.41, 5.74) is 1.19. The van der Waals surface area contributed by atoms with Gasteiger partial charge in [-0.3, -0.25) is 0 Å². The Kier molecular flexibility index (Phi) is 5.23. The van der Waals surface area contributed by atoms with Crippen LogP contribution in [0.25, 0.3) is 0 Å². The van der Waals surface area contributed by atoms with E-state index in [-0.39, 0.29) is 6.04 Å². The van der Waals surface area contributed by atoms with Crippen LogP contribution in [-0.2, 0) is 0 Å². The van der Waals surface area contributed by atoms with E-state index < -0.39 is 0 Å². The monoisotopic (exact) mass is 263 g/mol. The smallest absolute Gasteiger partial charge is 0.115 e. The van der Waals surface area contributed by atoms with Crippen molar-refractivity contribution in [2.75, 3.05) is 13.2 Å². The van der Waals surface area contributed by atoms with Gasteiger partial charge in [0.1, 0.15) is 5.75 Å². The lowest BCUT2D eigenvalue weighted by Gasteiger charge is -2.31. The van der Waals surface area contributed by atoms with Crippen LogP contribution in [0.2, 0.25) is 0 Å². The number of phenolic OH excluding ortho intramolecular Hbond substituents is 1. The van der Waals surface area contributed by atoms with E-state index in [1.807, 2.05) is 12.1 Å². The van der Waals surface area contributed by atoms with Crippen molar-refractivity contribution in [1.82, 2.24) is 5.32 Å². The zero-order valence-corrected chi connectivity index (χ0v) is 11.7. The lowest BCUT2D eigenvalue weighted by molar-refractivity contribution is 0.131. The predicted molar refractivity (Wildman–Crippen MR) is 77.1 cm³/mol. The van der Waals surface area contributed by atoms with Crippen molar-refractivity contribution in [1.29, 1.82) is 0 Å². The van der Waals surface area contributed by atoms with Crippen LogP contribution in [0.15, 0.2) is 24.3 Å². The molecular formula is C16H25NO2. The molecule has 0 aromatic heterocycles. The van der Waals surface area contributed by atoms with E-state index in [2.05, 4.69) is 12.2 Å². The van der Waals surface area contributed by atoms with Crippen LogP contribution < -0.4 is 5.32 Å². The van der Waals surface area contributed by atoms with Gasteiger partial charge in [-0.2, -0.15) is 0 Å². The first-order valence-corrected chi connectivity index (χ1v) is 7.34. The molecule has 106 valence electrons. The largest absolute Gasteiger partial charge is 0.508 e. The van der Waals surface area contributed by atoms with E-state index in [1.165, 1.54) is 24.8 Å². The Labute approximate surface area is 115 Å². The Morgan fingerprint density at radius 1 is 1.16 bits per heavy atom. The lowest BCUT2D eigenvalue weighted by Crippen LogP contribution is -2.33. The molecular weight excluding hydrogens is 238 g/mol. The summed E-state index contributed by atoms with van der Waals surface area (Å²) in [5, 5.41) is 22.3. The summed E-state index contributed by atoms with van der Waals surface area (Å²) < 4.78 is 0. The third-order valence-electron chi connectivity index (χ3n) is 4.38. The van der Waals surface area contributed by atoms with E-state index in [0.717, 1.165) is 13.0 Å². The molecule has 3 heteroatoms. The molecule has 1 aromatic carbocycles. The third kappa shape index (κ3) is 3.95. The minimum Gasteiger partial charge on any atom is -0.508 e. The summed E-state index contributed by atoms with van der Waals surface area (Å²) in [4.78, 5) is 0. The average molecular weight is 263 g/mol. The first-order chi connectivity index (χ1) is 9.20. The highest BCUT2D eigenvalue weighted by atomic mass is 16.3. The van der Waals surface area contributed by atoms with Gasteiger partial charge in [-0.25, -0.2) is 0 Å². The van der Waals surface area contributed by atoms with Crippen LogP contribution in [0.3, 0.4) is 0 Å². The fraction of sp³-hybridized carbons (Fsp3) is 0.625. The molecule has 1 aliphatic carbocycles. The number of nitrogens with one attached hydrogen (secondary N) is 1. The van der Waals surface area contributed by atoms with E-state index in [1.54, 1.807) is 12.1 Å². The second kappa shape index (κ2) is 6.92. The van der Waals surface area contributed by atoms with Crippen molar-refractivity contribution in [2.45, 2.75) is 38.6 Å². The number of hydrogen-bond donors (Lipinski definition) is 3. The highest BCUT2D eigenvalue weighted by Crippen LogP contribution is 2.29. The number of phenols is 1. The van der Waals surface area contributed by atoms with Crippen LogP contribution >= 0.6 is 0 Å². The van der Waals surface area contributed by atoms with E-state index >= 15 is 0 Å². The Bertz CT molecular complexity index is 377. The summed E-state index contributed by atoms with van der Waals surface area (Å²) in [6.45, 7) is 3.43. The van der Waals surface area contributed by atoms with Crippen LogP contribution in [0.5, 0.6) is 5.75 Å². The fourth-order valence-electron chi connectivity index (χ4n) is 3.00. The Morgan fingerprint density at radius 2 is 1.79 bits per heavy atom. The zero-order valence-electron chi connectivity index (χ0n) is 11.7. The third-order valence-corrected chi connectivity index (χ3v) is 4.38. The molecule has 3 nitrogen and oxygen atoms in total. The van der Waals surface area contributed by atoms with Gasteiger partial charge in [-0.15, -0.1) is 0 Å². The number of hydrogen-bond acceptors (Lipinski definition) is 3. The molecule has 0 aliphatic heterocycles. The molecule has 19 heavy (non-hydrogen) atoms. The van der Waals surface area contributed by atoms with Gasteiger partial charge in [0.2, 0.25) is 0 Å². The molecule has 0 radical (unpaired) electrons. The maximum atomic E-state index is 9.42. The standard InChI is InChI=1S/C16H25NO2/c1-12(13-6-8-16(19)9-7-13)17-10-14-4-2-3-5-15(14)11-18/h6-9,12,14-15,17-19H,2-5,10-11H2,1H3. The van der Waals surface area contributed by atoms with Crippen LogP contribution in [0, 0.1) is 11.8 Å². The minimum absolute atomic E-state index is 0.280. The summed E-state index contributed by atoms with van der Waals surface area (Å²) >= 11 is 0. The Morgan fingerprint density at radius 3 is 2.42 bits per heavy atom. The van der Waals surface area contributed by atoms with E-state index in [4.69, 9.17) is 0 Å². The molecule has 3 N–H and O–H groups in total. The van der Waals surface area contributed by atoms with Gasteiger partial charge in [0, 0.05) is 12.6 Å². The molecule has 2 rings (SSSR count). The van der Waals surface area contributed by atoms with Crippen LogP contribution in [0.1, 0.15) is 44.2 Å². The molecule has 3 atom stereocenters. The molecule has 1 saturated carbocycles. The molecule has 1 aliphatic rings. The SMILES string of the molecule is CC(NCC1CCCCC1CO)c1ccc(O)cc1. The second-order valence-electron chi connectivity index (χ2n) is 5.71. The quantitative estimate of drug-likeness (QED) is 0.765. The van der Waals surface area contributed by atoms with Gasteiger partial charge in [0.15, 0.2) is 0 Å². The maximum absolute atomic E-state index is 9.42. The molecule has 0 spiro atoms. The molecule has 0 saturated heterocycles. The van der Waals surface area contributed by atoms with Gasteiger partial charge >= 0.3 is 0 Å². The number of aliphatic hydroxyl groups is 1. The molecule has 1 fully saturated rings. The summed E-state index contributed by atoms with van der Waals surface area (Å²) in [5.74, 6) is 1.37. The summed E-state index contributed by atoms with van der Waals surface area (Å²) in [6.07, 6.45) is 4.93.